The van der Waals surface area contributed by atoms with Crippen LogP contribution >= 0.6 is 0 Å². The molecule has 0 amide bonds. The molecule has 2 N–H and O–H groups in total. The smallest absolute Gasteiger partial charge is 0.354 e. The van der Waals surface area contributed by atoms with E-state index in [0.717, 1.165) is 0 Å². The van der Waals surface area contributed by atoms with Crippen LogP contribution in [0.3, 0.4) is 0 Å². The van der Waals surface area contributed by atoms with Crippen molar-refractivity contribution in [3.63, 3.8) is 0 Å². The van der Waals surface area contributed by atoms with E-state index >= 15 is 0 Å². The fourth-order valence-electron chi connectivity index (χ4n) is 1.73. The molecule has 0 aromatic carbocycles. The Balaban J connectivity index is 2.43. The van der Waals surface area contributed by atoms with Crippen molar-refractivity contribution >= 4 is 11.7 Å². The molecular formula is C11H11NO4. The summed E-state index contributed by atoms with van der Waals surface area (Å²) >= 11 is 0. The van der Waals surface area contributed by atoms with Gasteiger partial charge in [-0.3, -0.25) is 0 Å². The highest BCUT2D eigenvalue weighted by Crippen LogP contribution is 2.26. The molecule has 2 rings (SSSR count). The monoisotopic (exact) mass is 221 g/mol. The standard InChI is InChI=1S/C11H11NO4/c1-16-9-4-2-3-6-8(13)5-7(11(14)15)12-10(6)9/h2-6,8,13H,1H3,(H,14,15). The molecule has 2 unspecified atom stereocenters. The summed E-state index contributed by atoms with van der Waals surface area (Å²) in [4.78, 5) is 14.8. The van der Waals surface area contributed by atoms with Gasteiger partial charge in [0.25, 0.3) is 0 Å². The molecule has 0 saturated carbocycles. The molecule has 0 fully saturated rings. The van der Waals surface area contributed by atoms with Gasteiger partial charge < -0.3 is 14.9 Å². The van der Waals surface area contributed by atoms with Crippen LogP contribution in [0.5, 0.6) is 0 Å². The van der Waals surface area contributed by atoms with Gasteiger partial charge in [0.15, 0.2) is 0 Å². The molecule has 5 heteroatoms. The summed E-state index contributed by atoms with van der Waals surface area (Å²) in [6.07, 6.45) is 5.56. The molecule has 1 aliphatic heterocycles. The number of aliphatic carboxylic acids is 1. The van der Waals surface area contributed by atoms with Crippen LogP contribution in [-0.4, -0.2) is 35.1 Å². The Labute approximate surface area is 92.1 Å². The van der Waals surface area contributed by atoms with Crippen molar-refractivity contribution < 1.29 is 19.7 Å². The van der Waals surface area contributed by atoms with Gasteiger partial charge in [0.2, 0.25) is 0 Å². The molecule has 0 bridgehead atoms. The van der Waals surface area contributed by atoms with E-state index in [4.69, 9.17) is 9.84 Å². The molecule has 5 nitrogen and oxygen atoms in total. The lowest BCUT2D eigenvalue weighted by Crippen LogP contribution is -2.32. The third-order valence-corrected chi connectivity index (χ3v) is 2.51. The summed E-state index contributed by atoms with van der Waals surface area (Å²) in [6, 6.07) is 0. The number of allylic oxidation sites excluding steroid dienone is 3. The van der Waals surface area contributed by atoms with Crippen LogP contribution in [0.25, 0.3) is 0 Å². The zero-order valence-corrected chi connectivity index (χ0v) is 8.62. The second kappa shape index (κ2) is 3.94. The maximum atomic E-state index is 10.8. The lowest BCUT2D eigenvalue weighted by atomic mass is 9.88. The number of methoxy groups -OCH3 is 1. The van der Waals surface area contributed by atoms with E-state index in [1.54, 1.807) is 18.2 Å². The van der Waals surface area contributed by atoms with Crippen molar-refractivity contribution in [2.45, 2.75) is 6.10 Å². The van der Waals surface area contributed by atoms with Gasteiger partial charge in [0, 0.05) is 0 Å². The minimum atomic E-state index is -1.16. The number of nitrogens with zero attached hydrogens (tertiary/aromatic N) is 1. The highest BCUT2D eigenvalue weighted by molar-refractivity contribution is 6.06. The fourth-order valence-corrected chi connectivity index (χ4v) is 1.73. The molecular weight excluding hydrogens is 210 g/mol. The summed E-state index contributed by atoms with van der Waals surface area (Å²) in [5, 5.41) is 18.6. The number of hydrogen-bond acceptors (Lipinski definition) is 4. The molecule has 0 aromatic heterocycles. The highest BCUT2D eigenvalue weighted by Gasteiger charge is 2.31. The number of hydrogen-bond donors (Lipinski definition) is 2. The molecule has 84 valence electrons. The molecule has 16 heavy (non-hydrogen) atoms. The van der Waals surface area contributed by atoms with E-state index in [2.05, 4.69) is 4.99 Å². The van der Waals surface area contributed by atoms with Crippen LogP contribution in [-0.2, 0) is 9.53 Å². The number of rotatable bonds is 2. The zero-order valence-electron chi connectivity index (χ0n) is 8.62. The van der Waals surface area contributed by atoms with Gasteiger partial charge in [-0.15, -0.1) is 0 Å². The van der Waals surface area contributed by atoms with Crippen LogP contribution in [0.1, 0.15) is 0 Å². The number of aliphatic imine (C=N–C) groups is 1. The summed E-state index contributed by atoms with van der Waals surface area (Å²) in [6.45, 7) is 0. The largest absolute Gasteiger partial charge is 0.495 e. The maximum absolute atomic E-state index is 10.8. The Bertz CT molecular complexity index is 445. The van der Waals surface area contributed by atoms with Gasteiger partial charge in [0.05, 0.1) is 24.8 Å². The first kappa shape index (κ1) is 10.6. The number of ether oxygens (including phenoxy) is 1. The predicted octanol–water partition coefficient (Wildman–Crippen LogP) is 0.487. The quantitative estimate of drug-likeness (QED) is 0.711. The van der Waals surface area contributed by atoms with E-state index in [9.17, 15) is 9.90 Å². The first-order chi connectivity index (χ1) is 7.63. The average molecular weight is 221 g/mol. The minimum absolute atomic E-state index is 0.156. The SMILES string of the molecule is COC1=CC=CC2C1=NC(C(=O)O)=CC2O. The maximum Gasteiger partial charge on any atom is 0.354 e. The number of carbonyl (C=O) groups is 1. The number of carboxylic acids is 1. The molecule has 0 saturated heterocycles. The lowest BCUT2D eigenvalue weighted by Gasteiger charge is -2.26. The van der Waals surface area contributed by atoms with E-state index in [1.807, 2.05) is 0 Å². The molecule has 1 heterocycles. The Morgan fingerprint density at radius 3 is 2.94 bits per heavy atom. The molecule has 2 aliphatic rings. The second-order valence-corrected chi connectivity index (χ2v) is 3.49. The number of aliphatic hydroxyl groups excluding tert-OH is 1. The topological polar surface area (TPSA) is 79.1 Å². The van der Waals surface area contributed by atoms with Crippen LogP contribution in [0.2, 0.25) is 0 Å². The zero-order chi connectivity index (χ0) is 11.7. The van der Waals surface area contributed by atoms with Crippen molar-refractivity contribution in [2.75, 3.05) is 7.11 Å². The van der Waals surface area contributed by atoms with Crippen molar-refractivity contribution in [1.29, 1.82) is 0 Å². The summed E-state index contributed by atoms with van der Waals surface area (Å²) in [7, 11) is 1.48. The Kier molecular flexibility index (Phi) is 2.62. The Morgan fingerprint density at radius 2 is 2.31 bits per heavy atom. The van der Waals surface area contributed by atoms with E-state index < -0.39 is 12.1 Å². The van der Waals surface area contributed by atoms with Crippen LogP contribution in [0, 0.1) is 5.92 Å². The minimum Gasteiger partial charge on any atom is -0.495 e. The lowest BCUT2D eigenvalue weighted by molar-refractivity contribution is -0.132. The molecule has 0 aromatic rings. The van der Waals surface area contributed by atoms with Crippen molar-refractivity contribution in [3.05, 3.63) is 35.8 Å². The van der Waals surface area contributed by atoms with E-state index in [-0.39, 0.29) is 11.6 Å². The van der Waals surface area contributed by atoms with Crippen molar-refractivity contribution in [3.8, 4) is 0 Å². The Morgan fingerprint density at radius 1 is 1.56 bits per heavy atom. The van der Waals surface area contributed by atoms with Gasteiger partial charge in [-0.05, 0) is 12.2 Å². The van der Waals surface area contributed by atoms with Gasteiger partial charge >= 0.3 is 5.97 Å². The predicted molar refractivity (Wildman–Crippen MR) is 56.9 cm³/mol. The van der Waals surface area contributed by atoms with Gasteiger partial charge in [-0.2, -0.15) is 0 Å². The molecule has 0 spiro atoms. The van der Waals surface area contributed by atoms with Crippen LogP contribution in [0.4, 0.5) is 0 Å². The molecule has 2 atom stereocenters. The number of fused-ring (bicyclic) bond motifs is 1. The first-order valence-electron chi connectivity index (χ1n) is 4.78. The Hall–Kier alpha value is -1.88. The second-order valence-electron chi connectivity index (χ2n) is 3.49. The summed E-state index contributed by atoms with van der Waals surface area (Å²) in [5.74, 6) is -1.00. The van der Waals surface area contributed by atoms with Gasteiger partial charge in [-0.25, -0.2) is 9.79 Å². The fraction of sp³-hybridized carbons (Fsp3) is 0.273. The van der Waals surface area contributed by atoms with Crippen LogP contribution in [0.15, 0.2) is 40.8 Å². The highest BCUT2D eigenvalue weighted by atomic mass is 16.5. The number of aliphatic hydroxyl groups is 1. The van der Waals surface area contributed by atoms with E-state index in [1.165, 1.54) is 13.2 Å². The average Bonchev–Trinajstić information content (AvgIpc) is 2.28. The van der Waals surface area contributed by atoms with Crippen molar-refractivity contribution in [2.24, 2.45) is 10.9 Å². The molecule has 1 aliphatic carbocycles. The van der Waals surface area contributed by atoms with Gasteiger partial charge in [-0.1, -0.05) is 12.2 Å². The third-order valence-electron chi connectivity index (χ3n) is 2.51. The van der Waals surface area contributed by atoms with Crippen LogP contribution < -0.4 is 0 Å². The molecule has 0 radical (unpaired) electrons. The summed E-state index contributed by atoms with van der Waals surface area (Å²) < 4.78 is 5.08. The van der Waals surface area contributed by atoms with E-state index in [0.29, 0.717) is 11.5 Å². The normalized spacial score (nSPS) is 27.5. The first-order valence-corrected chi connectivity index (χ1v) is 4.78. The third kappa shape index (κ3) is 1.65. The number of carboxylic acid groups (broad SMARTS) is 1. The van der Waals surface area contributed by atoms with Gasteiger partial charge in [0.1, 0.15) is 11.5 Å². The summed E-state index contributed by atoms with van der Waals surface area (Å²) in [5.41, 5.74) is 0.300. The van der Waals surface area contributed by atoms with Crippen molar-refractivity contribution in [1.82, 2.24) is 0 Å².